The Morgan fingerprint density at radius 2 is 2.12 bits per heavy atom. The quantitative estimate of drug-likeness (QED) is 0.731. The van der Waals surface area contributed by atoms with Crippen LogP contribution in [0.15, 0.2) is 32.5 Å². The van der Waals surface area contributed by atoms with E-state index in [1.807, 2.05) is 13.0 Å². The van der Waals surface area contributed by atoms with Gasteiger partial charge < -0.3 is 15.5 Å². The summed E-state index contributed by atoms with van der Waals surface area (Å²) in [5, 5.41) is 4.00. The SMILES string of the molecule is CCCN=C/C(=C\N)c1oc2c([C@@H](C)NCC)cc(C)cc2c(=O)c1C.[HH]. The van der Waals surface area contributed by atoms with Gasteiger partial charge in [-0.2, -0.15) is 0 Å². The molecule has 0 saturated carbocycles. The number of fused-ring (bicyclic) bond motifs is 1. The zero-order valence-corrected chi connectivity index (χ0v) is 16.3. The molecule has 1 aromatic heterocycles. The first-order valence-electron chi connectivity index (χ1n) is 9.17. The first-order chi connectivity index (χ1) is 12.4. The number of aliphatic imine (C=N–C) groups is 1. The summed E-state index contributed by atoms with van der Waals surface area (Å²) in [5.74, 6) is 0.485. The maximum Gasteiger partial charge on any atom is 0.196 e. The van der Waals surface area contributed by atoms with Crippen molar-refractivity contribution < 1.29 is 5.84 Å². The maximum absolute atomic E-state index is 13.0. The molecule has 1 heterocycles. The van der Waals surface area contributed by atoms with Crippen LogP contribution in [0.25, 0.3) is 16.5 Å². The average molecular weight is 357 g/mol. The van der Waals surface area contributed by atoms with Crippen LogP contribution in [0.1, 0.15) is 57.1 Å². The lowest BCUT2D eigenvalue weighted by Gasteiger charge is -2.17. The van der Waals surface area contributed by atoms with E-state index in [1.165, 1.54) is 6.20 Å². The summed E-state index contributed by atoms with van der Waals surface area (Å²) in [4.78, 5) is 17.3. The Kier molecular flexibility index (Phi) is 6.75. The summed E-state index contributed by atoms with van der Waals surface area (Å²) in [6, 6.07) is 4.02. The number of nitrogens with zero attached hydrogens (tertiary/aromatic N) is 1. The third-order valence-corrected chi connectivity index (χ3v) is 4.39. The molecule has 0 aliphatic rings. The van der Waals surface area contributed by atoms with E-state index in [0.717, 1.165) is 24.1 Å². The zero-order valence-electron chi connectivity index (χ0n) is 16.3. The molecule has 0 amide bonds. The molecule has 0 fully saturated rings. The number of benzene rings is 1. The third-order valence-electron chi connectivity index (χ3n) is 4.39. The van der Waals surface area contributed by atoms with E-state index < -0.39 is 0 Å². The molecular weight excluding hydrogens is 326 g/mol. The minimum Gasteiger partial charge on any atom is -0.455 e. The van der Waals surface area contributed by atoms with Gasteiger partial charge in [0, 0.05) is 37.6 Å². The van der Waals surface area contributed by atoms with Gasteiger partial charge in [-0.25, -0.2) is 0 Å². The summed E-state index contributed by atoms with van der Waals surface area (Å²) < 4.78 is 6.23. The van der Waals surface area contributed by atoms with Crippen LogP contribution in [0, 0.1) is 13.8 Å². The second-order valence-electron chi connectivity index (χ2n) is 6.55. The van der Waals surface area contributed by atoms with Gasteiger partial charge in [-0.3, -0.25) is 9.79 Å². The van der Waals surface area contributed by atoms with Crippen molar-refractivity contribution in [2.45, 2.75) is 47.1 Å². The standard InChI is InChI=1S/C21H29N3O2.H2/c1-6-8-23-12-16(11-22)20-14(4)19(25)18-10-13(3)9-17(21(18)26-20)15(5)24-7-2;/h9-12,15,24H,6-8,22H2,1-5H3;1H/b16-11+,23-12?;/t15-;/m1./s1. The molecule has 26 heavy (non-hydrogen) atoms. The second-order valence-corrected chi connectivity index (χ2v) is 6.55. The van der Waals surface area contributed by atoms with Crippen LogP contribution in [0.2, 0.25) is 0 Å². The van der Waals surface area contributed by atoms with E-state index in [4.69, 9.17) is 10.2 Å². The third kappa shape index (κ3) is 4.05. The Morgan fingerprint density at radius 1 is 1.38 bits per heavy atom. The highest BCUT2D eigenvalue weighted by Crippen LogP contribution is 2.28. The number of nitrogens with one attached hydrogen (secondary N) is 1. The summed E-state index contributed by atoms with van der Waals surface area (Å²) in [6.07, 6.45) is 4.07. The molecule has 1 atom stereocenters. The van der Waals surface area contributed by atoms with Gasteiger partial charge in [0.15, 0.2) is 5.43 Å². The van der Waals surface area contributed by atoms with Gasteiger partial charge in [-0.15, -0.1) is 0 Å². The molecule has 5 heteroatoms. The first kappa shape index (κ1) is 19.9. The Labute approximate surface area is 156 Å². The monoisotopic (exact) mass is 357 g/mol. The van der Waals surface area contributed by atoms with Crippen LogP contribution >= 0.6 is 0 Å². The number of hydrogen-bond acceptors (Lipinski definition) is 5. The summed E-state index contributed by atoms with van der Waals surface area (Å²) in [5.41, 5.74) is 9.55. The van der Waals surface area contributed by atoms with E-state index in [9.17, 15) is 4.79 Å². The molecule has 0 saturated heterocycles. The molecule has 0 spiro atoms. The van der Waals surface area contributed by atoms with Gasteiger partial charge in [0.2, 0.25) is 0 Å². The van der Waals surface area contributed by atoms with E-state index in [0.29, 0.717) is 34.4 Å². The van der Waals surface area contributed by atoms with Gasteiger partial charge in [-0.05, 0) is 45.4 Å². The van der Waals surface area contributed by atoms with Gasteiger partial charge in [0.1, 0.15) is 11.3 Å². The number of allylic oxidation sites excluding steroid dienone is 1. The predicted molar refractivity (Wildman–Crippen MR) is 112 cm³/mol. The normalized spacial score (nSPS) is 13.7. The molecule has 0 radical (unpaired) electrons. The molecule has 2 aromatic rings. The summed E-state index contributed by atoms with van der Waals surface area (Å²) in [6.45, 7) is 11.5. The Morgan fingerprint density at radius 3 is 2.73 bits per heavy atom. The van der Waals surface area contributed by atoms with Crippen molar-refractivity contribution in [2.75, 3.05) is 13.1 Å². The molecule has 0 unspecified atom stereocenters. The largest absolute Gasteiger partial charge is 0.455 e. The number of aryl methyl sites for hydroxylation is 1. The fourth-order valence-corrected chi connectivity index (χ4v) is 3.05. The van der Waals surface area contributed by atoms with Gasteiger partial charge >= 0.3 is 0 Å². The van der Waals surface area contributed by atoms with Crippen LogP contribution in [-0.4, -0.2) is 19.3 Å². The fourth-order valence-electron chi connectivity index (χ4n) is 3.05. The summed E-state index contributed by atoms with van der Waals surface area (Å²) in [7, 11) is 0. The minimum absolute atomic E-state index is 0. The number of nitrogens with two attached hydrogens (primary N) is 1. The molecular formula is C21H31N3O2. The average Bonchev–Trinajstić information content (AvgIpc) is 2.62. The second kappa shape index (κ2) is 8.81. The molecule has 0 aliphatic heterocycles. The number of hydrogen-bond donors (Lipinski definition) is 2. The van der Waals surface area contributed by atoms with E-state index >= 15 is 0 Å². The van der Waals surface area contributed by atoms with Crippen molar-refractivity contribution >= 4 is 22.8 Å². The van der Waals surface area contributed by atoms with Crippen molar-refractivity contribution in [1.82, 2.24) is 5.32 Å². The first-order valence-corrected chi connectivity index (χ1v) is 9.17. The topological polar surface area (TPSA) is 80.6 Å². The molecule has 0 aliphatic carbocycles. The molecule has 3 N–H and O–H groups in total. The highest BCUT2D eigenvalue weighted by molar-refractivity contribution is 6.09. The Hall–Kier alpha value is -2.40. The van der Waals surface area contributed by atoms with Crippen LogP contribution in [0.5, 0.6) is 0 Å². The van der Waals surface area contributed by atoms with Gasteiger partial charge in [0.25, 0.3) is 0 Å². The van der Waals surface area contributed by atoms with Crippen LogP contribution in [0.3, 0.4) is 0 Å². The highest BCUT2D eigenvalue weighted by atomic mass is 16.3. The van der Waals surface area contributed by atoms with Crippen molar-refractivity contribution in [2.24, 2.45) is 10.7 Å². The fraction of sp³-hybridized carbons (Fsp3) is 0.429. The number of rotatable bonds is 7. The zero-order chi connectivity index (χ0) is 19.3. The van der Waals surface area contributed by atoms with Crippen molar-refractivity contribution in [3.05, 3.63) is 51.0 Å². The van der Waals surface area contributed by atoms with E-state index in [-0.39, 0.29) is 12.9 Å². The molecule has 2 rings (SSSR count). The van der Waals surface area contributed by atoms with Gasteiger partial charge in [-0.1, -0.05) is 19.9 Å². The molecule has 0 bridgehead atoms. The Balaban J connectivity index is 0.00000364. The molecule has 5 nitrogen and oxygen atoms in total. The van der Waals surface area contributed by atoms with E-state index in [2.05, 4.69) is 37.1 Å². The summed E-state index contributed by atoms with van der Waals surface area (Å²) >= 11 is 0. The van der Waals surface area contributed by atoms with Crippen LogP contribution in [-0.2, 0) is 0 Å². The van der Waals surface area contributed by atoms with Crippen molar-refractivity contribution in [3.63, 3.8) is 0 Å². The lowest BCUT2D eigenvalue weighted by Crippen LogP contribution is -2.19. The minimum atomic E-state index is -0.0295. The van der Waals surface area contributed by atoms with Crippen LogP contribution in [0.4, 0.5) is 0 Å². The Bertz CT molecular complexity index is 900. The lowest BCUT2D eigenvalue weighted by atomic mass is 9.99. The smallest absolute Gasteiger partial charge is 0.196 e. The maximum atomic E-state index is 13.0. The van der Waals surface area contributed by atoms with E-state index in [1.54, 1.807) is 13.1 Å². The molecule has 142 valence electrons. The van der Waals surface area contributed by atoms with Crippen molar-refractivity contribution in [3.8, 4) is 0 Å². The van der Waals surface area contributed by atoms with Gasteiger partial charge in [0.05, 0.1) is 11.0 Å². The highest BCUT2D eigenvalue weighted by Gasteiger charge is 2.18. The molecule has 1 aromatic carbocycles. The van der Waals surface area contributed by atoms with Crippen molar-refractivity contribution in [1.29, 1.82) is 0 Å². The lowest BCUT2D eigenvalue weighted by molar-refractivity contribution is 0.552. The predicted octanol–water partition coefficient (Wildman–Crippen LogP) is 4.11. The van der Waals surface area contributed by atoms with Crippen LogP contribution < -0.4 is 16.5 Å².